The van der Waals surface area contributed by atoms with Gasteiger partial charge in [-0.2, -0.15) is 0 Å². The molecule has 0 atom stereocenters. The van der Waals surface area contributed by atoms with Crippen LogP contribution in [0.2, 0.25) is 0 Å². The fourth-order valence-electron chi connectivity index (χ4n) is 2.65. The van der Waals surface area contributed by atoms with E-state index in [0.717, 1.165) is 30.4 Å². The highest BCUT2D eigenvalue weighted by Gasteiger charge is 2.19. The normalized spacial score (nSPS) is 14.0. The minimum atomic E-state index is -3.68. The zero-order valence-electron chi connectivity index (χ0n) is 11.8. The quantitative estimate of drug-likeness (QED) is 0.857. The van der Waals surface area contributed by atoms with Gasteiger partial charge in [-0.05, 0) is 67.1 Å². The maximum absolute atomic E-state index is 12.4. The molecule has 2 aromatic rings. The summed E-state index contributed by atoms with van der Waals surface area (Å²) in [6.45, 7) is 1.84. The standard InChI is InChI=1S/C16H17NO3S/c1-11-5-8-16(18)15(9-11)17-21(19,20)14-7-6-12-3-2-4-13(12)10-14/h5-10,17-18H,2-4H2,1H3. The summed E-state index contributed by atoms with van der Waals surface area (Å²) in [5.41, 5.74) is 3.41. The number of rotatable bonds is 3. The van der Waals surface area contributed by atoms with Crippen molar-refractivity contribution in [2.75, 3.05) is 4.72 Å². The summed E-state index contributed by atoms with van der Waals surface area (Å²) in [6, 6.07) is 10.1. The molecule has 3 rings (SSSR count). The van der Waals surface area contributed by atoms with Crippen LogP contribution < -0.4 is 4.72 Å². The predicted molar refractivity (Wildman–Crippen MR) is 82.1 cm³/mol. The lowest BCUT2D eigenvalue weighted by Crippen LogP contribution is -2.13. The molecule has 2 aromatic carbocycles. The lowest BCUT2D eigenvalue weighted by molar-refractivity contribution is 0.477. The number of aryl methyl sites for hydroxylation is 3. The molecule has 1 aliphatic carbocycles. The van der Waals surface area contributed by atoms with Crippen molar-refractivity contribution in [2.24, 2.45) is 0 Å². The lowest BCUT2D eigenvalue weighted by atomic mass is 10.1. The zero-order chi connectivity index (χ0) is 15.0. The molecule has 110 valence electrons. The third kappa shape index (κ3) is 2.74. The van der Waals surface area contributed by atoms with Gasteiger partial charge in [0.15, 0.2) is 0 Å². The van der Waals surface area contributed by atoms with Crippen molar-refractivity contribution >= 4 is 15.7 Å². The summed E-state index contributed by atoms with van der Waals surface area (Å²) in [6.07, 6.45) is 3.01. The van der Waals surface area contributed by atoms with Crippen LogP contribution >= 0.6 is 0 Å². The van der Waals surface area contributed by atoms with Crippen molar-refractivity contribution in [3.8, 4) is 5.75 Å². The highest BCUT2D eigenvalue weighted by molar-refractivity contribution is 7.92. The van der Waals surface area contributed by atoms with Gasteiger partial charge in [0, 0.05) is 0 Å². The number of hydrogen-bond acceptors (Lipinski definition) is 3. The van der Waals surface area contributed by atoms with Crippen LogP contribution in [0.1, 0.15) is 23.1 Å². The maximum Gasteiger partial charge on any atom is 0.262 e. The number of nitrogens with one attached hydrogen (secondary N) is 1. The summed E-state index contributed by atoms with van der Waals surface area (Å²) < 4.78 is 27.3. The van der Waals surface area contributed by atoms with E-state index in [1.165, 1.54) is 11.6 Å². The zero-order valence-corrected chi connectivity index (χ0v) is 12.6. The number of phenolic OH excluding ortho intramolecular Hbond substituents is 1. The Hall–Kier alpha value is -2.01. The van der Waals surface area contributed by atoms with Crippen LogP contribution in [0.15, 0.2) is 41.3 Å². The number of anilines is 1. The Bertz CT molecular complexity index is 797. The highest BCUT2D eigenvalue weighted by Crippen LogP contribution is 2.29. The Morgan fingerprint density at radius 3 is 2.62 bits per heavy atom. The number of phenols is 1. The molecular weight excluding hydrogens is 286 g/mol. The fraction of sp³-hybridized carbons (Fsp3) is 0.250. The smallest absolute Gasteiger partial charge is 0.262 e. The van der Waals surface area contributed by atoms with E-state index in [2.05, 4.69) is 4.72 Å². The minimum Gasteiger partial charge on any atom is -0.506 e. The first-order valence-corrected chi connectivity index (χ1v) is 8.38. The van der Waals surface area contributed by atoms with Gasteiger partial charge in [0.2, 0.25) is 0 Å². The molecule has 0 bridgehead atoms. The molecule has 0 aromatic heterocycles. The predicted octanol–water partition coefficient (Wildman–Crippen LogP) is 2.99. The number of benzene rings is 2. The molecule has 0 aliphatic heterocycles. The Kier molecular flexibility index (Phi) is 3.37. The van der Waals surface area contributed by atoms with Gasteiger partial charge in [0.05, 0.1) is 10.6 Å². The molecule has 0 heterocycles. The summed E-state index contributed by atoms with van der Waals surface area (Å²) in [7, 11) is -3.68. The largest absolute Gasteiger partial charge is 0.506 e. The van der Waals surface area contributed by atoms with E-state index in [4.69, 9.17) is 0 Å². The third-order valence-electron chi connectivity index (χ3n) is 3.78. The van der Waals surface area contributed by atoms with Crippen LogP contribution in [0.5, 0.6) is 5.75 Å². The van der Waals surface area contributed by atoms with Gasteiger partial charge < -0.3 is 5.11 Å². The Morgan fingerprint density at radius 1 is 1.05 bits per heavy atom. The van der Waals surface area contributed by atoms with E-state index in [9.17, 15) is 13.5 Å². The van der Waals surface area contributed by atoms with Crippen LogP contribution in [-0.2, 0) is 22.9 Å². The van der Waals surface area contributed by atoms with Crippen molar-refractivity contribution < 1.29 is 13.5 Å². The molecule has 0 amide bonds. The highest BCUT2D eigenvalue weighted by atomic mass is 32.2. The monoisotopic (exact) mass is 303 g/mol. The van der Waals surface area contributed by atoms with Crippen molar-refractivity contribution in [2.45, 2.75) is 31.1 Å². The Morgan fingerprint density at radius 2 is 1.81 bits per heavy atom. The average Bonchev–Trinajstić information content (AvgIpc) is 2.90. The van der Waals surface area contributed by atoms with Gasteiger partial charge in [0.1, 0.15) is 5.75 Å². The maximum atomic E-state index is 12.4. The van der Waals surface area contributed by atoms with Crippen LogP contribution in [-0.4, -0.2) is 13.5 Å². The molecule has 5 heteroatoms. The molecule has 21 heavy (non-hydrogen) atoms. The van der Waals surface area contributed by atoms with Crippen LogP contribution in [0.3, 0.4) is 0 Å². The second-order valence-corrected chi connectivity index (χ2v) is 7.09. The topological polar surface area (TPSA) is 66.4 Å². The van der Waals surface area contributed by atoms with Crippen molar-refractivity contribution in [3.05, 3.63) is 53.1 Å². The summed E-state index contributed by atoms with van der Waals surface area (Å²) >= 11 is 0. The fourth-order valence-corrected chi connectivity index (χ4v) is 3.77. The Labute approximate surface area is 124 Å². The van der Waals surface area contributed by atoms with Gasteiger partial charge in [0.25, 0.3) is 10.0 Å². The van der Waals surface area contributed by atoms with E-state index in [0.29, 0.717) is 0 Å². The molecule has 1 aliphatic rings. The van der Waals surface area contributed by atoms with E-state index in [1.807, 2.05) is 13.0 Å². The molecule has 4 nitrogen and oxygen atoms in total. The molecule has 0 saturated carbocycles. The van der Waals surface area contributed by atoms with Crippen LogP contribution in [0, 0.1) is 6.92 Å². The van der Waals surface area contributed by atoms with Gasteiger partial charge in [-0.25, -0.2) is 8.42 Å². The van der Waals surface area contributed by atoms with Crippen LogP contribution in [0.4, 0.5) is 5.69 Å². The SMILES string of the molecule is Cc1ccc(O)c(NS(=O)(=O)c2ccc3c(c2)CCC3)c1. The molecule has 0 fully saturated rings. The molecule has 0 unspecified atom stereocenters. The summed E-state index contributed by atoms with van der Waals surface area (Å²) in [4.78, 5) is 0.240. The van der Waals surface area contributed by atoms with E-state index in [1.54, 1.807) is 24.3 Å². The van der Waals surface area contributed by atoms with Gasteiger partial charge in [-0.15, -0.1) is 0 Å². The van der Waals surface area contributed by atoms with Crippen molar-refractivity contribution in [1.29, 1.82) is 0 Å². The van der Waals surface area contributed by atoms with Gasteiger partial charge in [-0.1, -0.05) is 12.1 Å². The first-order chi connectivity index (χ1) is 9.95. The summed E-state index contributed by atoms with van der Waals surface area (Å²) in [5.74, 6) is -0.0784. The second kappa shape index (κ2) is 5.07. The van der Waals surface area contributed by atoms with Crippen LogP contribution in [0.25, 0.3) is 0 Å². The van der Waals surface area contributed by atoms with Crippen molar-refractivity contribution in [3.63, 3.8) is 0 Å². The number of aromatic hydroxyl groups is 1. The van der Waals surface area contributed by atoms with E-state index in [-0.39, 0.29) is 16.3 Å². The lowest BCUT2D eigenvalue weighted by Gasteiger charge is -2.11. The second-order valence-electron chi connectivity index (χ2n) is 5.41. The number of sulfonamides is 1. The first kappa shape index (κ1) is 13.9. The van der Waals surface area contributed by atoms with E-state index < -0.39 is 10.0 Å². The Balaban J connectivity index is 1.95. The first-order valence-electron chi connectivity index (χ1n) is 6.90. The third-order valence-corrected chi connectivity index (χ3v) is 5.14. The molecule has 0 saturated heterocycles. The molecule has 0 spiro atoms. The van der Waals surface area contributed by atoms with Gasteiger partial charge >= 0.3 is 0 Å². The molecular formula is C16H17NO3S. The molecule has 2 N–H and O–H groups in total. The average molecular weight is 303 g/mol. The van der Waals surface area contributed by atoms with Gasteiger partial charge in [-0.3, -0.25) is 4.72 Å². The van der Waals surface area contributed by atoms with Crippen molar-refractivity contribution in [1.82, 2.24) is 0 Å². The van der Waals surface area contributed by atoms with E-state index >= 15 is 0 Å². The minimum absolute atomic E-state index is 0.0784. The molecule has 0 radical (unpaired) electrons. The summed E-state index contributed by atoms with van der Waals surface area (Å²) in [5, 5.41) is 9.77. The number of fused-ring (bicyclic) bond motifs is 1. The number of hydrogen-bond donors (Lipinski definition) is 2.